The quantitative estimate of drug-likeness (QED) is 0.461. The van der Waals surface area contributed by atoms with Gasteiger partial charge in [-0.25, -0.2) is 14.5 Å². The topological polar surface area (TPSA) is 128 Å². The van der Waals surface area contributed by atoms with E-state index in [1.165, 1.54) is 40.0 Å². The zero-order valence-corrected chi connectivity index (χ0v) is 18.6. The molecule has 1 aliphatic carbocycles. The van der Waals surface area contributed by atoms with Gasteiger partial charge in [0.05, 0.1) is 24.5 Å². The molecule has 10 nitrogen and oxygen atoms in total. The zero-order valence-electron chi connectivity index (χ0n) is 18.6. The maximum absolute atomic E-state index is 11.1. The van der Waals surface area contributed by atoms with Gasteiger partial charge in [-0.3, -0.25) is 4.68 Å². The Hall–Kier alpha value is -3.95. The van der Waals surface area contributed by atoms with Crippen LogP contribution in [0.5, 0.6) is 11.6 Å². The van der Waals surface area contributed by atoms with E-state index in [0.717, 1.165) is 25.0 Å². The van der Waals surface area contributed by atoms with Crippen LogP contribution in [0.15, 0.2) is 30.7 Å². The van der Waals surface area contributed by atoms with Crippen molar-refractivity contribution in [2.45, 2.75) is 52.2 Å². The van der Waals surface area contributed by atoms with E-state index >= 15 is 0 Å². The van der Waals surface area contributed by atoms with Crippen LogP contribution in [0.2, 0.25) is 0 Å². The Balaban J connectivity index is 1.43. The molecule has 3 heterocycles. The molecule has 1 aromatic carbocycles. The van der Waals surface area contributed by atoms with Crippen molar-refractivity contribution in [2.75, 3.05) is 0 Å². The molecule has 2 N–H and O–H groups in total. The Morgan fingerprint density at radius 1 is 1.15 bits per heavy atom. The second-order valence-electron chi connectivity index (χ2n) is 8.92. The van der Waals surface area contributed by atoms with Crippen LogP contribution in [0.1, 0.15) is 47.3 Å². The van der Waals surface area contributed by atoms with Gasteiger partial charge in [-0.1, -0.05) is 6.07 Å². The molecule has 0 atom stereocenters. The highest BCUT2D eigenvalue weighted by Crippen LogP contribution is 2.35. The number of fused-ring (bicyclic) bond motifs is 2. The largest absolute Gasteiger partial charge is 0.492 e. The third-order valence-corrected chi connectivity index (χ3v) is 5.89. The summed E-state index contributed by atoms with van der Waals surface area (Å²) in [5, 5.41) is 28.1. The summed E-state index contributed by atoms with van der Waals surface area (Å²) in [5.41, 5.74) is 4.13. The Bertz CT molecular complexity index is 1390. The van der Waals surface area contributed by atoms with Crippen LogP contribution in [0.4, 0.5) is 0 Å². The highest BCUT2D eigenvalue weighted by Gasteiger charge is 2.27. The summed E-state index contributed by atoms with van der Waals surface area (Å²) in [4.78, 5) is 19.6. The Morgan fingerprint density at radius 2 is 1.94 bits per heavy atom. The normalized spacial score (nSPS) is 13.4. The van der Waals surface area contributed by atoms with E-state index < -0.39 is 11.6 Å². The van der Waals surface area contributed by atoms with Gasteiger partial charge in [0.2, 0.25) is 5.88 Å². The van der Waals surface area contributed by atoms with Gasteiger partial charge in [-0.05, 0) is 62.8 Å². The lowest BCUT2D eigenvalue weighted by atomic mass is 10.0. The molecule has 0 unspecified atom stereocenters. The Labute approximate surface area is 189 Å². The van der Waals surface area contributed by atoms with Crippen molar-refractivity contribution in [3.63, 3.8) is 0 Å². The number of benzene rings is 1. The molecule has 170 valence electrons. The van der Waals surface area contributed by atoms with E-state index in [2.05, 4.69) is 33.2 Å². The zero-order chi connectivity index (χ0) is 23.3. The second kappa shape index (κ2) is 7.58. The number of carboxylic acids is 1. The monoisotopic (exact) mass is 448 g/mol. The predicted molar refractivity (Wildman–Crippen MR) is 119 cm³/mol. The van der Waals surface area contributed by atoms with Gasteiger partial charge in [-0.15, -0.1) is 0 Å². The van der Waals surface area contributed by atoms with Crippen LogP contribution in [-0.4, -0.2) is 51.3 Å². The van der Waals surface area contributed by atoms with Crippen LogP contribution in [0, 0.1) is 6.92 Å². The highest BCUT2D eigenvalue weighted by molar-refractivity contribution is 5.87. The lowest BCUT2D eigenvalue weighted by Crippen LogP contribution is -2.34. The van der Waals surface area contributed by atoms with Gasteiger partial charge < -0.3 is 14.9 Å². The lowest BCUT2D eigenvalue weighted by molar-refractivity contribution is 0.0696. The van der Waals surface area contributed by atoms with Gasteiger partial charge in [0.1, 0.15) is 22.4 Å². The molecule has 0 spiro atoms. The molecule has 10 heteroatoms. The van der Waals surface area contributed by atoms with Crippen molar-refractivity contribution in [1.82, 2.24) is 29.5 Å². The molecule has 1 aliphatic rings. The van der Waals surface area contributed by atoms with Crippen LogP contribution in [-0.2, 0) is 19.4 Å². The third kappa shape index (κ3) is 3.77. The van der Waals surface area contributed by atoms with Gasteiger partial charge in [-0.2, -0.15) is 15.2 Å². The van der Waals surface area contributed by atoms with Crippen molar-refractivity contribution in [3.05, 3.63) is 53.0 Å². The SMILES string of the molecule is Cc1ccc(OC(C)(C)Cn2ncc3nc(-n4cc(C(=O)O)cn4)nc(O)c32)c2c1CCC2. The molecular formula is C23H24N6O4. The smallest absolute Gasteiger partial charge is 0.338 e. The van der Waals surface area contributed by atoms with Crippen LogP contribution >= 0.6 is 0 Å². The summed E-state index contributed by atoms with van der Waals surface area (Å²) in [6.07, 6.45) is 7.24. The number of ether oxygens (including phenoxy) is 1. The van der Waals surface area contributed by atoms with Crippen LogP contribution < -0.4 is 4.74 Å². The third-order valence-electron chi connectivity index (χ3n) is 5.89. The first-order valence-electron chi connectivity index (χ1n) is 10.7. The van der Waals surface area contributed by atoms with Crippen molar-refractivity contribution in [3.8, 4) is 17.6 Å². The summed E-state index contributed by atoms with van der Waals surface area (Å²) in [6, 6.07) is 4.13. The highest BCUT2D eigenvalue weighted by atomic mass is 16.5. The number of nitrogens with zero attached hydrogens (tertiary/aromatic N) is 6. The van der Waals surface area contributed by atoms with E-state index in [0.29, 0.717) is 17.6 Å². The molecule has 4 aromatic rings. The summed E-state index contributed by atoms with van der Waals surface area (Å²) in [6.45, 7) is 6.45. The maximum Gasteiger partial charge on any atom is 0.338 e. The number of aromatic nitrogens is 6. The molecule has 5 rings (SSSR count). The summed E-state index contributed by atoms with van der Waals surface area (Å²) < 4.78 is 9.25. The van der Waals surface area contributed by atoms with Gasteiger partial charge in [0.15, 0.2) is 0 Å². The Morgan fingerprint density at radius 3 is 2.70 bits per heavy atom. The van der Waals surface area contributed by atoms with E-state index in [1.807, 2.05) is 19.9 Å². The second-order valence-corrected chi connectivity index (χ2v) is 8.92. The van der Waals surface area contributed by atoms with E-state index in [-0.39, 0.29) is 17.4 Å². The van der Waals surface area contributed by atoms with Gasteiger partial charge >= 0.3 is 5.97 Å². The maximum atomic E-state index is 11.1. The lowest BCUT2D eigenvalue weighted by Gasteiger charge is -2.28. The molecular weight excluding hydrogens is 424 g/mol. The van der Waals surface area contributed by atoms with Crippen molar-refractivity contribution in [2.24, 2.45) is 0 Å². The first-order valence-corrected chi connectivity index (χ1v) is 10.7. The van der Waals surface area contributed by atoms with E-state index in [1.54, 1.807) is 4.68 Å². The molecule has 3 aromatic heterocycles. The van der Waals surface area contributed by atoms with Gasteiger partial charge in [0.25, 0.3) is 5.95 Å². The minimum Gasteiger partial charge on any atom is -0.492 e. The number of aromatic carboxylic acids is 1. The fourth-order valence-corrected chi connectivity index (χ4v) is 4.37. The molecule has 0 aliphatic heterocycles. The van der Waals surface area contributed by atoms with Crippen LogP contribution in [0.3, 0.4) is 0 Å². The number of rotatable bonds is 6. The summed E-state index contributed by atoms with van der Waals surface area (Å²) >= 11 is 0. The Kier molecular flexibility index (Phi) is 4.80. The fourth-order valence-electron chi connectivity index (χ4n) is 4.37. The number of carbonyl (C=O) groups is 1. The first-order chi connectivity index (χ1) is 15.7. The average Bonchev–Trinajstić information content (AvgIpc) is 3.49. The molecule has 0 amide bonds. The van der Waals surface area contributed by atoms with Crippen molar-refractivity contribution >= 4 is 17.0 Å². The number of carboxylic acid groups (broad SMARTS) is 1. The minimum absolute atomic E-state index is 0.00429. The van der Waals surface area contributed by atoms with E-state index in [4.69, 9.17) is 9.84 Å². The summed E-state index contributed by atoms with van der Waals surface area (Å²) in [5.74, 6) is -0.435. The number of aromatic hydroxyl groups is 1. The van der Waals surface area contributed by atoms with Crippen molar-refractivity contribution < 1.29 is 19.7 Å². The molecule has 0 bridgehead atoms. The molecule has 0 radical (unpaired) electrons. The average molecular weight is 448 g/mol. The number of hydrogen-bond donors (Lipinski definition) is 2. The fraction of sp³-hybridized carbons (Fsp3) is 0.348. The summed E-state index contributed by atoms with van der Waals surface area (Å²) in [7, 11) is 0. The first kappa shape index (κ1) is 20.9. The number of hydrogen-bond acceptors (Lipinski definition) is 7. The molecule has 0 saturated carbocycles. The van der Waals surface area contributed by atoms with Crippen molar-refractivity contribution in [1.29, 1.82) is 0 Å². The van der Waals surface area contributed by atoms with Gasteiger partial charge in [0, 0.05) is 6.20 Å². The standard InChI is InChI=1S/C23H24N6O4/c1-13-7-8-18(16-6-4-5-15(13)16)33-23(2,3)12-29-19-17(10-25-29)26-22(27-20(19)30)28-11-14(9-24-28)21(31)32/h7-11H,4-6,12H2,1-3H3,(H,31,32)(H,26,27,30). The molecule has 0 saturated heterocycles. The minimum atomic E-state index is -1.11. The van der Waals surface area contributed by atoms with E-state index in [9.17, 15) is 9.90 Å². The number of aryl methyl sites for hydroxylation is 1. The van der Waals surface area contributed by atoms with Crippen LogP contribution in [0.25, 0.3) is 17.0 Å². The molecule has 33 heavy (non-hydrogen) atoms. The molecule has 0 fully saturated rings. The predicted octanol–water partition coefficient (Wildman–Crippen LogP) is 3.07.